The molecule has 24 heavy (non-hydrogen) atoms. The van der Waals surface area contributed by atoms with Crippen molar-refractivity contribution in [3.05, 3.63) is 52.7 Å². The molecule has 7 nitrogen and oxygen atoms in total. The predicted molar refractivity (Wildman–Crippen MR) is 86.4 cm³/mol. The fourth-order valence-electron chi connectivity index (χ4n) is 1.98. The van der Waals surface area contributed by atoms with Crippen LogP contribution in [0.5, 0.6) is 5.75 Å². The summed E-state index contributed by atoms with van der Waals surface area (Å²) in [5.74, 6) is 0.671. The number of rotatable bonds is 6. The van der Waals surface area contributed by atoms with Gasteiger partial charge in [0.05, 0.1) is 12.2 Å². The van der Waals surface area contributed by atoms with Gasteiger partial charge in [-0.1, -0.05) is 17.3 Å². The first-order valence-electron chi connectivity index (χ1n) is 7.14. The molecule has 2 heterocycles. The molecule has 0 saturated carbocycles. The number of aromatic nitrogens is 2. The number of para-hydroxylation sites is 1. The van der Waals surface area contributed by atoms with Gasteiger partial charge in [0.15, 0.2) is 11.3 Å². The van der Waals surface area contributed by atoms with Gasteiger partial charge in [-0.05, 0) is 47.1 Å². The maximum absolute atomic E-state index is 11.8. The second-order valence-electron chi connectivity index (χ2n) is 4.62. The summed E-state index contributed by atoms with van der Waals surface area (Å²) in [5.41, 5.74) is 0.704. The Hall–Kier alpha value is -2.61. The van der Waals surface area contributed by atoms with E-state index in [-0.39, 0.29) is 18.3 Å². The molecule has 0 spiro atoms. The molecule has 0 saturated heterocycles. The molecule has 2 aromatic heterocycles. The Morgan fingerprint density at radius 1 is 1.25 bits per heavy atom. The lowest BCUT2D eigenvalue weighted by Crippen LogP contribution is -2.04. The topological polar surface area (TPSA) is 87.6 Å². The lowest BCUT2D eigenvalue weighted by molar-refractivity contribution is 0.0392. The molecule has 8 heteroatoms. The highest BCUT2D eigenvalue weighted by Crippen LogP contribution is 2.27. The van der Waals surface area contributed by atoms with Gasteiger partial charge in [0.2, 0.25) is 11.6 Å². The molecule has 0 atom stereocenters. The van der Waals surface area contributed by atoms with Crippen LogP contribution in [0.25, 0.3) is 11.4 Å². The molecule has 0 fully saturated rings. The van der Waals surface area contributed by atoms with E-state index in [0.717, 1.165) is 0 Å². The molecule has 3 rings (SSSR count). The average molecular weight is 393 g/mol. The Bertz CT molecular complexity index is 842. The normalized spacial score (nSPS) is 10.6. The van der Waals surface area contributed by atoms with Crippen LogP contribution in [0.1, 0.15) is 23.4 Å². The molecule has 0 aliphatic carbocycles. The summed E-state index contributed by atoms with van der Waals surface area (Å²) >= 11 is 3.12. The number of ether oxygens (including phenoxy) is 2. The molecular weight excluding hydrogens is 380 g/mol. The molecule has 0 N–H and O–H groups in total. The van der Waals surface area contributed by atoms with Gasteiger partial charge >= 0.3 is 5.97 Å². The molecular formula is C16H13BrN2O5. The highest BCUT2D eigenvalue weighted by molar-refractivity contribution is 9.10. The second kappa shape index (κ2) is 7.31. The van der Waals surface area contributed by atoms with E-state index in [1.807, 2.05) is 31.2 Å². The van der Waals surface area contributed by atoms with Gasteiger partial charge in [0.1, 0.15) is 5.75 Å². The van der Waals surface area contributed by atoms with Gasteiger partial charge in [-0.2, -0.15) is 4.98 Å². The van der Waals surface area contributed by atoms with Crippen molar-refractivity contribution < 1.29 is 23.2 Å². The number of halogens is 1. The quantitative estimate of drug-likeness (QED) is 0.588. The fraction of sp³-hybridized carbons (Fsp3) is 0.188. The first kappa shape index (κ1) is 16.3. The zero-order valence-electron chi connectivity index (χ0n) is 12.7. The van der Waals surface area contributed by atoms with Crippen molar-refractivity contribution in [3.8, 4) is 17.1 Å². The average Bonchev–Trinajstić information content (AvgIpc) is 3.22. The molecule has 0 unspecified atom stereocenters. The Labute approximate surface area is 145 Å². The maximum Gasteiger partial charge on any atom is 0.374 e. The Morgan fingerprint density at radius 2 is 2.08 bits per heavy atom. The predicted octanol–water partition coefficient (Wildman–Crippen LogP) is 3.85. The van der Waals surface area contributed by atoms with E-state index < -0.39 is 5.97 Å². The van der Waals surface area contributed by atoms with Crippen LogP contribution in [0.4, 0.5) is 0 Å². The van der Waals surface area contributed by atoms with Gasteiger partial charge in [0.25, 0.3) is 5.89 Å². The van der Waals surface area contributed by atoms with Gasteiger partial charge in [-0.3, -0.25) is 0 Å². The van der Waals surface area contributed by atoms with Gasteiger partial charge in [-0.15, -0.1) is 0 Å². The first-order chi connectivity index (χ1) is 11.7. The summed E-state index contributed by atoms with van der Waals surface area (Å²) in [6.45, 7) is 2.27. The lowest BCUT2D eigenvalue weighted by atomic mass is 10.2. The van der Waals surface area contributed by atoms with Crippen LogP contribution < -0.4 is 4.74 Å². The summed E-state index contributed by atoms with van der Waals surface area (Å²) in [6.07, 6.45) is 0. The van der Waals surface area contributed by atoms with Gasteiger partial charge in [-0.25, -0.2) is 4.79 Å². The third-order valence-electron chi connectivity index (χ3n) is 3.00. The van der Waals surface area contributed by atoms with Crippen LogP contribution >= 0.6 is 15.9 Å². The van der Waals surface area contributed by atoms with E-state index in [4.69, 9.17) is 18.4 Å². The number of carbonyl (C=O) groups excluding carboxylic acids is 1. The third-order valence-corrected chi connectivity index (χ3v) is 3.42. The van der Waals surface area contributed by atoms with Crippen LogP contribution in [0.15, 0.2) is 50.0 Å². The van der Waals surface area contributed by atoms with Crippen molar-refractivity contribution in [2.75, 3.05) is 6.61 Å². The monoisotopic (exact) mass is 392 g/mol. The summed E-state index contributed by atoms with van der Waals surface area (Å²) < 4.78 is 21.3. The number of esters is 1. The molecule has 0 aliphatic heterocycles. The van der Waals surface area contributed by atoms with Crippen LogP contribution in [0.3, 0.4) is 0 Å². The van der Waals surface area contributed by atoms with Crippen molar-refractivity contribution >= 4 is 21.9 Å². The minimum Gasteiger partial charge on any atom is -0.493 e. The van der Waals surface area contributed by atoms with Crippen LogP contribution in [-0.4, -0.2) is 22.7 Å². The largest absolute Gasteiger partial charge is 0.493 e. The first-order valence-corrected chi connectivity index (χ1v) is 7.94. The summed E-state index contributed by atoms with van der Waals surface area (Å²) in [6, 6.07) is 10.5. The molecule has 0 aliphatic rings. The Kier molecular flexibility index (Phi) is 4.95. The third kappa shape index (κ3) is 3.65. The van der Waals surface area contributed by atoms with E-state index in [2.05, 4.69) is 26.1 Å². The minimum absolute atomic E-state index is 0.0864. The fourth-order valence-corrected chi connectivity index (χ4v) is 2.28. The van der Waals surface area contributed by atoms with E-state index in [0.29, 0.717) is 28.4 Å². The van der Waals surface area contributed by atoms with E-state index in [1.165, 1.54) is 6.07 Å². The standard InChI is InChI=1S/C16H13BrN2O5/c1-2-21-11-6-4-3-5-10(11)15-18-14(24-19-15)9-22-16(20)12-7-8-13(17)23-12/h3-8H,2,9H2,1H3. The number of carbonyl (C=O) groups is 1. The molecule has 0 amide bonds. The second-order valence-corrected chi connectivity index (χ2v) is 5.40. The number of benzene rings is 1. The van der Waals surface area contributed by atoms with Crippen molar-refractivity contribution in [1.82, 2.24) is 10.1 Å². The SMILES string of the molecule is CCOc1ccccc1-c1noc(COC(=O)c2ccc(Br)o2)n1. The number of hydrogen-bond donors (Lipinski definition) is 0. The van der Waals surface area contributed by atoms with Crippen molar-refractivity contribution in [3.63, 3.8) is 0 Å². The van der Waals surface area contributed by atoms with Crippen LogP contribution in [-0.2, 0) is 11.3 Å². The lowest BCUT2D eigenvalue weighted by Gasteiger charge is -2.05. The summed E-state index contributed by atoms with van der Waals surface area (Å²) in [4.78, 5) is 16.0. The van der Waals surface area contributed by atoms with Crippen molar-refractivity contribution in [2.24, 2.45) is 0 Å². The Balaban J connectivity index is 1.69. The number of furan rings is 1. The zero-order valence-corrected chi connectivity index (χ0v) is 14.3. The van der Waals surface area contributed by atoms with Crippen LogP contribution in [0, 0.1) is 0 Å². The highest BCUT2D eigenvalue weighted by atomic mass is 79.9. The van der Waals surface area contributed by atoms with Crippen molar-refractivity contribution in [1.29, 1.82) is 0 Å². The molecule has 0 radical (unpaired) electrons. The number of nitrogens with zero attached hydrogens (tertiary/aromatic N) is 2. The maximum atomic E-state index is 11.8. The smallest absolute Gasteiger partial charge is 0.374 e. The molecule has 3 aromatic rings. The van der Waals surface area contributed by atoms with Crippen molar-refractivity contribution in [2.45, 2.75) is 13.5 Å². The van der Waals surface area contributed by atoms with Gasteiger partial charge in [0, 0.05) is 0 Å². The molecule has 0 bridgehead atoms. The Morgan fingerprint density at radius 3 is 2.83 bits per heavy atom. The molecule has 124 valence electrons. The number of hydrogen-bond acceptors (Lipinski definition) is 7. The van der Waals surface area contributed by atoms with E-state index in [9.17, 15) is 4.79 Å². The summed E-state index contributed by atoms with van der Waals surface area (Å²) in [7, 11) is 0. The summed E-state index contributed by atoms with van der Waals surface area (Å²) in [5, 5.41) is 3.90. The van der Waals surface area contributed by atoms with Crippen LogP contribution in [0.2, 0.25) is 0 Å². The molecule has 1 aromatic carbocycles. The zero-order chi connectivity index (χ0) is 16.9. The van der Waals surface area contributed by atoms with E-state index >= 15 is 0 Å². The van der Waals surface area contributed by atoms with Gasteiger partial charge < -0.3 is 18.4 Å². The minimum atomic E-state index is -0.616. The van der Waals surface area contributed by atoms with E-state index in [1.54, 1.807) is 6.07 Å². The highest BCUT2D eigenvalue weighted by Gasteiger charge is 2.16.